The van der Waals surface area contributed by atoms with E-state index in [9.17, 15) is 9.59 Å². The van der Waals surface area contributed by atoms with E-state index in [4.69, 9.17) is 10.2 Å². The third-order valence-electron chi connectivity index (χ3n) is 3.26. The molecule has 0 aliphatic heterocycles. The van der Waals surface area contributed by atoms with Crippen LogP contribution in [0.3, 0.4) is 0 Å². The van der Waals surface area contributed by atoms with Crippen molar-refractivity contribution >= 4 is 11.9 Å². The number of hydrogen-bond acceptors (Lipinski definition) is 2. The van der Waals surface area contributed by atoms with E-state index >= 15 is 0 Å². The van der Waals surface area contributed by atoms with E-state index in [2.05, 4.69) is 0 Å². The molecule has 24 heavy (non-hydrogen) atoms. The van der Waals surface area contributed by atoms with Crippen molar-refractivity contribution in [2.24, 2.45) is 0 Å². The Morgan fingerprint density at radius 2 is 0.875 bits per heavy atom. The summed E-state index contributed by atoms with van der Waals surface area (Å²) in [6, 6.07) is 25.0. The van der Waals surface area contributed by atoms with Gasteiger partial charge in [-0.1, -0.05) is 60.7 Å². The lowest BCUT2D eigenvalue weighted by atomic mass is 10.0. The maximum absolute atomic E-state index is 10.6. The Bertz CT molecular complexity index is 794. The molecule has 0 fully saturated rings. The molecule has 0 aliphatic rings. The Hall–Kier alpha value is -3.40. The van der Waals surface area contributed by atoms with Gasteiger partial charge in [0.15, 0.2) is 0 Å². The van der Waals surface area contributed by atoms with Gasteiger partial charge in [-0.15, -0.1) is 0 Å². The highest BCUT2D eigenvalue weighted by Crippen LogP contribution is 2.18. The van der Waals surface area contributed by atoms with Crippen LogP contribution in [0.2, 0.25) is 0 Å². The van der Waals surface area contributed by atoms with Crippen molar-refractivity contribution in [1.82, 2.24) is 0 Å². The molecule has 120 valence electrons. The molecule has 0 spiro atoms. The number of carboxylic acids is 2. The third kappa shape index (κ3) is 4.81. The molecular weight excluding hydrogens is 304 g/mol. The molecule has 0 atom stereocenters. The minimum Gasteiger partial charge on any atom is -0.478 e. The van der Waals surface area contributed by atoms with Gasteiger partial charge in [0.1, 0.15) is 0 Å². The standard InChI is InChI=1S/C13H10O2.C7H6O2/c14-13(15)12-8-6-11(7-9-12)10-4-2-1-3-5-10;8-7(9)6-4-2-1-3-5-6/h1-9H,(H,14,15);1-5H,(H,8,9). The second-order valence-corrected chi connectivity index (χ2v) is 4.92. The van der Waals surface area contributed by atoms with Gasteiger partial charge in [-0.05, 0) is 35.4 Å². The lowest BCUT2D eigenvalue weighted by Crippen LogP contribution is -1.94. The molecule has 4 heteroatoms. The zero-order chi connectivity index (χ0) is 17.4. The van der Waals surface area contributed by atoms with Gasteiger partial charge in [0.05, 0.1) is 11.1 Å². The highest BCUT2D eigenvalue weighted by atomic mass is 16.4. The van der Waals surface area contributed by atoms with Crippen LogP contribution in [0.25, 0.3) is 11.1 Å². The Morgan fingerprint density at radius 3 is 1.29 bits per heavy atom. The summed E-state index contributed by atoms with van der Waals surface area (Å²) in [5.41, 5.74) is 2.77. The maximum atomic E-state index is 10.6. The third-order valence-corrected chi connectivity index (χ3v) is 3.26. The lowest BCUT2D eigenvalue weighted by Gasteiger charge is -2.01. The number of aromatic carboxylic acids is 2. The fourth-order valence-electron chi connectivity index (χ4n) is 2.02. The van der Waals surface area contributed by atoms with Gasteiger partial charge in [-0.3, -0.25) is 0 Å². The number of hydrogen-bond donors (Lipinski definition) is 2. The van der Waals surface area contributed by atoms with E-state index in [0.717, 1.165) is 11.1 Å². The number of benzene rings is 3. The molecule has 0 saturated carbocycles. The molecule has 0 amide bonds. The molecule has 0 saturated heterocycles. The van der Waals surface area contributed by atoms with E-state index in [-0.39, 0.29) is 0 Å². The van der Waals surface area contributed by atoms with E-state index < -0.39 is 11.9 Å². The van der Waals surface area contributed by atoms with Crippen LogP contribution in [0, 0.1) is 0 Å². The summed E-state index contributed by atoms with van der Waals surface area (Å²) >= 11 is 0. The van der Waals surface area contributed by atoms with Crippen molar-refractivity contribution < 1.29 is 19.8 Å². The smallest absolute Gasteiger partial charge is 0.335 e. The highest BCUT2D eigenvalue weighted by molar-refractivity contribution is 5.88. The van der Waals surface area contributed by atoms with E-state index in [1.807, 2.05) is 42.5 Å². The second kappa shape index (κ2) is 8.29. The summed E-state index contributed by atoms with van der Waals surface area (Å²) < 4.78 is 0. The molecule has 0 aromatic heterocycles. The minimum atomic E-state index is -0.894. The molecule has 0 bridgehead atoms. The lowest BCUT2D eigenvalue weighted by molar-refractivity contribution is 0.0686. The Labute approximate surface area is 139 Å². The molecule has 3 aromatic rings. The fraction of sp³-hybridized carbons (Fsp3) is 0. The Balaban J connectivity index is 0.000000198. The van der Waals surface area contributed by atoms with Crippen LogP contribution in [0.4, 0.5) is 0 Å². The molecule has 4 nitrogen and oxygen atoms in total. The van der Waals surface area contributed by atoms with Gasteiger partial charge < -0.3 is 10.2 Å². The summed E-state index contributed by atoms with van der Waals surface area (Å²) in [7, 11) is 0. The first-order chi connectivity index (χ1) is 11.6. The number of rotatable bonds is 3. The summed E-state index contributed by atoms with van der Waals surface area (Å²) in [6.07, 6.45) is 0. The minimum absolute atomic E-state index is 0.315. The summed E-state index contributed by atoms with van der Waals surface area (Å²) in [5, 5.41) is 17.1. The van der Waals surface area contributed by atoms with Gasteiger partial charge in [0.25, 0.3) is 0 Å². The molecule has 0 radical (unpaired) electrons. The van der Waals surface area contributed by atoms with Crippen LogP contribution in [-0.4, -0.2) is 22.2 Å². The van der Waals surface area contributed by atoms with Crippen LogP contribution in [0.1, 0.15) is 20.7 Å². The molecule has 3 aromatic carbocycles. The predicted octanol–water partition coefficient (Wildman–Crippen LogP) is 4.44. The first-order valence-corrected chi connectivity index (χ1v) is 7.25. The SMILES string of the molecule is O=C(O)c1ccc(-c2ccccc2)cc1.O=C(O)c1ccccc1. The molecule has 0 unspecified atom stereocenters. The van der Waals surface area contributed by atoms with E-state index in [0.29, 0.717) is 11.1 Å². The monoisotopic (exact) mass is 320 g/mol. The summed E-state index contributed by atoms with van der Waals surface area (Å²) in [6.45, 7) is 0. The number of carbonyl (C=O) groups is 2. The molecular formula is C20H16O4. The van der Waals surface area contributed by atoms with Crippen molar-refractivity contribution in [2.75, 3.05) is 0 Å². The van der Waals surface area contributed by atoms with Crippen molar-refractivity contribution in [2.45, 2.75) is 0 Å². The average molecular weight is 320 g/mol. The molecule has 0 aliphatic carbocycles. The van der Waals surface area contributed by atoms with Crippen LogP contribution < -0.4 is 0 Å². The molecule has 0 heterocycles. The van der Waals surface area contributed by atoms with E-state index in [1.54, 1.807) is 42.5 Å². The Kier molecular flexibility index (Phi) is 5.86. The first-order valence-electron chi connectivity index (χ1n) is 7.25. The quantitative estimate of drug-likeness (QED) is 0.748. The van der Waals surface area contributed by atoms with Crippen LogP contribution >= 0.6 is 0 Å². The van der Waals surface area contributed by atoms with Crippen LogP contribution in [0.5, 0.6) is 0 Å². The van der Waals surface area contributed by atoms with E-state index in [1.165, 1.54) is 0 Å². The predicted molar refractivity (Wildman–Crippen MR) is 92.2 cm³/mol. The second-order valence-electron chi connectivity index (χ2n) is 4.92. The van der Waals surface area contributed by atoms with Crippen molar-refractivity contribution in [3.05, 3.63) is 96.1 Å². The van der Waals surface area contributed by atoms with Gasteiger partial charge in [-0.2, -0.15) is 0 Å². The summed E-state index contributed by atoms with van der Waals surface area (Å²) in [4.78, 5) is 20.8. The highest BCUT2D eigenvalue weighted by Gasteiger charge is 2.02. The maximum Gasteiger partial charge on any atom is 0.335 e. The van der Waals surface area contributed by atoms with Crippen molar-refractivity contribution in [3.8, 4) is 11.1 Å². The zero-order valence-electron chi connectivity index (χ0n) is 12.8. The first kappa shape index (κ1) is 17.0. The van der Waals surface area contributed by atoms with Crippen LogP contribution in [0.15, 0.2) is 84.9 Å². The zero-order valence-corrected chi connectivity index (χ0v) is 12.8. The van der Waals surface area contributed by atoms with Crippen molar-refractivity contribution in [3.63, 3.8) is 0 Å². The Morgan fingerprint density at radius 1 is 0.500 bits per heavy atom. The van der Waals surface area contributed by atoms with Gasteiger partial charge in [0, 0.05) is 0 Å². The number of carboxylic acid groups (broad SMARTS) is 2. The largest absolute Gasteiger partial charge is 0.478 e. The van der Waals surface area contributed by atoms with Gasteiger partial charge >= 0.3 is 11.9 Å². The van der Waals surface area contributed by atoms with Crippen LogP contribution in [-0.2, 0) is 0 Å². The summed E-state index contributed by atoms with van der Waals surface area (Å²) in [5.74, 6) is -1.77. The topological polar surface area (TPSA) is 74.6 Å². The van der Waals surface area contributed by atoms with Crippen molar-refractivity contribution in [1.29, 1.82) is 0 Å². The average Bonchev–Trinajstić information content (AvgIpc) is 2.64. The normalized spacial score (nSPS) is 9.50. The van der Waals surface area contributed by atoms with Gasteiger partial charge in [-0.25, -0.2) is 9.59 Å². The molecule has 2 N–H and O–H groups in total. The molecule has 3 rings (SSSR count). The van der Waals surface area contributed by atoms with Gasteiger partial charge in [0.2, 0.25) is 0 Å². The fourth-order valence-corrected chi connectivity index (χ4v) is 2.02.